The number of esters is 2. The molecule has 0 rings (SSSR count). The summed E-state index contributed by atoms with van der Waals surface area (Å²) in [5, 5.41) is 18.9. The zero-order chi connectivity index (χ0) is 18.8. The highest BCUT2D eigenvalue weighted by Gasteiger charge is 2.64. The van der Waals surface area contributed by atoms with Crippen LogP contribution >= 0.6 is 0 Å². The third kappa shape index (κ3) is 4.94. The second kappa shape index (κ2) is 10.6. The average Bonchev–Trinajstić information content (AvgIpc) is 2.51. The Kier molecular flexibility index (Phi) is 9.68. The van der Waals surface area contributed by atoms with Gasteiger partial charge in [-0.1, -0.05) is 33.6 Å². The zero-order valence-electron chi connectivity index (χ0n) is 14.4. The number of hydrogen-bond acceptors (Lipinski definition) is 6. The molecular weight excluding hydrogens is 320 g/mol. The van der Waals surface area contributed by atoms with Gasteiger partial charge in [0.25, 0.3) is 5.41 Å². The molecule has 0 spiro atoms. The summed E-state index contributed by atoms with van der Waals surface area (Å²) in [7, 11) is 0. The molecule has 0 aromatic heterocycles. The van der Waals surface area contributed by atoms with Crippen LogP contribution in [0.25, 0.3) is 0 Å². The molecule has 0 aromatic carbocycles. The molecule has 0 fully saturated rings. The second-order valence-electron chi connectivity index (χ2n) is 5.39. The highest BCUT2D eigenvalue weighted by Crippen LogP contribution is 2.35. The first kappa shape index (κ1) is 21.9. The monoisotopic (exact) mass is 346 g/mol. The number of ether oxygens (including phenoxy) is 2. The SMILES string of the molecule is CCCCOC(=O)C(C(=O)O)(C(=O)OCCCC)C(CC)C(=O)O. The average molecular weight is 346 g/mol. The Bertz CT molecular complexity index is 435. The summed E-state index contributed by atoms with van der Waals surface area (Å²) in [6.07, 6.45) is 2.06. The Balaban J connectivity index is 5.79. The molecule has 0 aliphatic carbocycles. The molecule has 0 aliphatic rings. The minimum atomic E-state index is -2.90. The number of aliphatic carboxylic acids is 2. The van der Waals surface area contributed by atoms with Crippen LogP contribution in [0.4, 0.5) is 0 Å². The van der Waals surface area contributed by atoms with Gasteiger partial charge in [-0.3, -0.25) is 19.2 Å². The van der Waals surface area contributed by atoms with Gasteiger partial charge >= 0.3 is 23.9 Å². The van der Waals surface area contributed by atoms with Crippen LogP contribution in [0.1, 0.15) is 52.9 Å². The summed E-state index contributed by atoms with van der Waals surface area (Å²) >= 11 is 0. The largest absolute Gasteiger partial charge is 0.481 e. The van der Waals surface area contributed by atoms with Crippen LogP contribution in [0.5, 0.6) is 0 Å². The molecule has 1 unspecified atom stereocenters. The zero-order valence-corrected chi connectivity index (χ0v) is 14.4. The van der Waals surface area contributed by atoms with Crippen molar-refractivity contribution in [1.29, 1.82) is 0 Å². The van der Waals surface area contributed by atoms with Gasteiger partial charge in [0.1, 0.15) is 0 Å². The summed E-state index contributed by atoms with van der Waals surface area (Å²) in [5.41, 5.74) is -2.90. The fraction of sp³-hybridized carbons (Fsp3) is 0.750. The predicted octanol–water partition coefficient (Wildman–Crippen LogP) is 1.85. The number of hydrogen-bond donors (Lipinski definition) is 2. The third-order valence-corrected chi connectivity index (χ3v) is 3.67. The van der Waals surface area contributed by atoms with Gasteiger partial charge < -0.3 is 19.7 Å². The van der Waals surface area contributed by atoms with Crippen LogP contribution in [0.3, 0.4) is 0 Å². The van der Waals surface area contributed by atoms with Crippen molar-refractivity contribution in [2.24, 2.45) is 11.3 Å². The number of rotatable bonds is 12. The van der Waals surface area contributed by atoms with E-state index in [2.05, 4.69) is 0 Å². The van der Waals surface area contributed by atoms with Crippen LogP contribution in [0.15, 0.2) is 0 Å². The van der Waals surface area contributed by atoms with E-state index in [1.54, 1.807) is 0 Å². The van der Waals surface area contributed by atoms with E-state index in [0.29, 0.717) is 25.7 Å². The number of carboxylic acid groups (broad SMARTS) is 2. The predicted molar refractivity (Wildman–Crippen MR) is 83.2 cm³/mol. The highest BCUT2D eigenvalue weighted by atomic mass is 16.6. The second-order valence-corrected chi connectivity index (χ2v) is 5.39. The minimum Gasteiger partial charge on any atom is -0.481 e. The van der Waals surface area contributed by atoms with E-state index >= 15 is 0 Å². The summed E-state index contributed by atoms with van der Waals surface area (Å²) in [4.78, 5) is 48.1. The Morgan fingerprint density at radius 2 is 1.29 bits per heavy atom. The molecule has 0 aromatic rings. The maximum atomic E-state index is 12.4. The van der Waals surface area contributed by atoms with Gasteiger partial charge in [-0.25, -0.2) is 0 Å². The van der Waals surface area contributed by atoms with Gasteiger partial charge in [0.2, 0.25) is 0 Å². The highest BCUT2D eigenvalue weighted by molar-refractivity contribution is 6.19. The maximum absolute atomic E-state index is 12.4. The van der Waals surface area contributed by atoms with Gasteiger partial charge in [0.15, 0.2) is 0 Å². The van der Waals surface area contributed by atoms with Gasteiger partial charge in [-0.05, 0) is 19.3 Å². The molecule has 1 atom stereocenters. The van der Waals surface area contributed by atoms with Crippen molar-refractivity contribution < 1.29 is 38.9 Å². The summed E-state index contributed by atoms with van der Waals surface area (Å²) in [6, 6.07) is 0. The lowest BCUT2D eigenvalue weighted by atomic mass is 9.73. The van der Waals surface area contributed by atoms with Crippen LogP contribution in [0.2, 0.25) is 0 Å². The minimum absolute atomic E-state index is 0.0946. The van der Waals surface area contributed by atoms with Crippen LogP contribution < -0.4 is 0 Å². The van der Waals surface area contributed by atoms with Crippen molar-refractivity contribution in [3.63, 3.8) is 0 Å². The normalized spacial score (nSPS) is 12.3. The fourth-order valence-electron chi connectivity index (χ4n) is 2.20. The van der Waals surface area contributed by atoms with Crippen molar-refractivity contribution in [2.45, 2.75) is 52.9 Å². The molecule has 138 valence electrons. The first-order valence-corrected chi connectivity index (χ1v) is 8.11. The lowest BCUT2D eigenvalue weighted by molar-refractivity contribution is -0.191. The Morgan fingerprint density at radius 3 is 1.54 bits per heavy atom. The van der Waals surface area contributed by atoms with Gasteiger partial charge in [-0.15, -0.1) is 0 Å². The molecular formula is C16H26O8. The van der Waals surface area contributed by atoms with Crippen molar-refractivity contribution in [2.75, 3.05) is 13.2 Å². The standard InChI is InChI=1S/C16H26O8/c1-4-7-9-23-14(21)16(13(19)20,11(6-3)12(17)18)15(22)24-10-8-5-2/h11H,4-10H2,1-3H3,(H,17,18)(H,19,20). The number of carbonyl (C=O) groups is 4. The maximum Gasteiger partial charge on any atom is 0.336 e. The molecule has 0 saturated heterocycles. The number of carboxylic acids is 2. The first-order valence-electron chi connectivity index (χ1n) is 8.11. The van der Waals surface area contributed by atoms with E-state index in [0.717, 1.165) is 0 Å². The lowest BCUT2D eigenvalue weighted by Gasteiger charge is -2.29. The smallest absolute Gasteiger partial charge is 0.336 e. The van der Waals surface area contributed by atoms with Gasteiger partial charge in [0, 0.05) is 0 Å². The molecule has 0 heterocycles. The Labute approximate surface area is 141 Å². The van der Waals surface area contributed by atoms with E-state index in [1.165, 1.54) is 6.92 Å². The lowest BCUT2D eigenvalue weighted by Crippen LogP contribution is -2.55. The van der Waals surface area contributed by atoms with Crippen molar-refractivity contribution >= 4 is 23.9 Å². The Hall–Kier alpha value is -2.12. The van der Waals surface area contributed by atoms with E-state index in [9.17, 15) is 29.4 Å². The molecule has 0 bridgehead atoms. The van der Waals surface area contributed by atoms with E-state index in [4.69, 9.17) is 9.47 Å². The molecule has 0 saturated carbocycles. The third-order valence-electron chi connectivity index (χ3n) is 3.67. The number of carbonyl (C=O) groups excluding carboxylic acids is 2. The van der Waals surface area contributed by atoms with Gasteiger partial charge in [-0.2, -0.15) is 0 Å². The quantitative estimate of drug-likeness (QED) is 0.311. The van der Waals surface area contributed by atoms with Crippen molar-refractivity contribution in [1.82, 2.24) is 0 Å². The topological polar surface area (TPSA) is 127 Å². The molecule has 24 heavy (non-hydrogen) atoms. The van der Waals surface area contributed by atoms with Crippen molar-refractivity contribution in [3.8, 4) is 0 Å². The van der Waals surface area contributed by atoms with Crippen molar-refractivity contribution in [3.05, 3.63) is 0 Å². The molecule has 0 amide bonds. The van der Waals surface area contributed by atoms with E-state index in [-0.39, 0.29) is 19.6 Å². The van der Waals surface area contributed by atoms with E-state index in [1.807, 2.05) is 13.8 Å². The number of unbranched alkanes of at least 4 members (excludes halogenated alkanes) is 2. The van der Waals surface area contributed by atoms with Crippen LogP contribution in [-0.2, 0) is 28.7 Å². The Morgan fingerprint density at radius 1 is 0.875 bits per heavy atom. The fourth-order valence-corrected chi connectivity index (χ4v) is 2.20. The molecule has 0 aliphatic heterocycles. The molecule has 2 N–H and O–H groups in total. The summed E-state index contributed by atoms with van der Waals surface area (Å²) in [5.74, 6) is -8.00. The van der Waals surface area contributed by atoms with Gasteiger partial charge in [0.05, 0.1) is 19.1 Å². The summed E-state index contributed by atoms with van der Waals surface area (Å²) < 4.78 is 9.77. The van der Waals surface area contributed by atoms with E-state index < -0.39 is 35.2 Å². The molecule has 8 heteroatoms. The first-order chi connectivity index (χ1) is 11.3. The van der Waals surface area contributed by atoms with Crippen LogP contribution in [0, 0.1) is 11.3 Å². The molecule has 0 radical (unpaired) electrons. The summed E-state index contributed by atoms with van der Waals surface area (Å²) in [6.45, 7) is 4.87. The van der Waals surface area contributed by atoms with Crippen LogP contribution in [-0.4, -0.2) is 47.3 Å². The molecule has 8 nitrogen and oxygen atoms in total.